The van der Waals surface area contributed by atoms with Crippen LogP contribution in [0, 0.1) is 11.8 Å². The van der Waals surface area contributed by atoms with E-state index in [9.17, 15) is 19.5 Å². The van der Waals surface area contributed by atoms with Gasteiger partial charge in [0.2, 0.25) is 11.8 Å². The van der Waals surface area contributed by atoms with Crippen LogP contribution in [-0.2, 0) is 19.1 Å². The molecule has 0 bridgehead atoms. The van der Waals surface area contributed by atoms with Crippen LogP contribution in [0.4, 0.5) is 0 Å². The number of ether oxygens (including phenoxy) is 1. The first kappa shape index (κ1) is 22.4. The van der Waals surface area contributed by atoms with Gasteiger partial charge in [0.25, 0.3) is 0 Å². The molecule has 8 heteroatoms. The highest BCUT2D eigenvalue weighted by Gasteiger charge is 2.73. The van der Waals surface area contributed by atoms with E-state index in [-0.39, 0.29) is 31.0 Å². The Bertz CT molecular complexity index is 814. The average Bonchev–Trinajstić information content (AvgIpc) is 2.99. The van der Waals surface area contributed by atoms with Crippen molar-refractivity contribution in [1.29, 1.82) is 0 Å². The summed E-state index contributed by atoms with van der Waals surface area (Å²) >= 11 is 1.56. The van der Waals surface area contributed by atoms with Crippen molar-refractivity contribution in [2.75, 3.05) is 32.8 Å². The lowest BCUT2D eigenvalue weighted by Crippen LogP contribution is -2.53. The molecule has 0 aromatic rings. The van der Waals surface area contributed by atoms with E-state index in [4.69, 9.17) is 4.74 Å². The Morgan fingerprint density at radius 2 is 1.90 bits per heavy atom. The number of nitrogens with zero attached hydrogens (tertiary/aromatic N) is 2. The minimum atomic E-state index is -0.816. The molecule has 31 heavy (non-hydrogen) atoms. The number of amides is 2. The normalized spacial score (nSPS) is 36.7. The molecule has 4 aliphatic rings. The number of hydrogen-bond acceptors (Lipinski definition) is 6. The summed E-state index contributed by atoms with van der Waals surface area (Å²) in [4.78, 5) is 44.0. The Morgan fingerprint density at radius 3 is 2.65 bits per heavy atom. The maximum absolute atomic E-state index is 13.8. The van der Waals surface area contributed by atoms with Crippen molar-refractivity contribution in [2.45, 2.75) is 55.1 Å². The van der Waals surface area contributed by atoms with Gasteiger partial charge < -0.3 is 19.6 Å². The molecule has 0 aromatic heterocycles. The lowest BCUT2D eigenvalue weighted by atomic mass is 9.75. The molecular weight excluding hydrogens is 416 g/mol. The molecule has 2 fully saturated rings. The highest BCUT2D eigenvalue weighted by atomic mass is 32.2. The van der Waals surface area contributed by atoms with Crippen LogP contribution in [0.3, 0.4) is 0 Å². The first-order chi connectivity index (χ1) is 14.9. The van der Waals surface area contributed by atoms with Crippen LogP contribution in [0.5, 0.6) is 0 Å². The number of esters is 1. The SMILES string of the molecule is CCCCCN1CC=C[C@]23S[C@@]4(C)C=CCOC(=O)[C@H]4[C@H]2C(=O)N(CCCO)C3C1=O. The largest absolute Gasteiger partial charge is 0.461 e. The van der Waals surface area contributed by atoms with Crippen LogP contribution < -0.4 is 0 Å². The fourth-order valence-corrected chi connectivity index (χ4v) is 7.79. The number of unbranched alkanes of at least 4 members (excludes halogenated alkanes) is 2. The molecular formula is C23H32N2O5S. The number of hydrogen-bond donors (Lipinski definition) is 1. The Labute approximate surface area is 187 Å². The Morgan fingerprint density at radius 1 is 1.10 bits per heavy atom. The third-order valence-corrected chi connectivity index (χ3v) is 8.78. The van der Waals surface area contributed by atoms with E-state index in [1.165, 1.54) is 0 Å². The van der Waals surface area contributed by atoms with Crippen LogP contribution in [0.25, 0.3) is 0 Å². The van der Waals surface area contributed by atoms with Crippen molar-refractivity contribution in [3.8, 4) is 0 Å². The molecule has 4 rings (SSSR count). The number of thioether (sulfide) groups is 1. The molecule has 4 heterocycles. The number of carbonyl (C=O) groups is 3. The van der Waals surface area contributed by atoms with E-state index in [1.807, 2.05) is 36.1 Å². The lowest BCUT2D eigenvalue weighted by Gasteiger charge is -2.36. The first-order valence-corrected chi connectivity index (χ1v) is 12.1. The molecule has 5 atom stereocenters. The summed E-state index contributed by atoms with van der Waals surface area (Å²) in [6.45, 7) is 5.72. The van der Waals surface area contributed by atoms with Crippen LogP contribution >= 0.6 is 11.8 Å². The molecule has 1 N–H and O–H groups in total. The molecule has 2 amide bonds. The second-order valence-electron chi connectivity index (χ2n) is 9.03. The molecule has 0 saturated carbocycles. The van der Waals surface area contributed by atoms with Gasteiger partial charge in [-0.3, -0.25) is 14.4 Å². The van der Waals surface area contributed by atoms with Gasteiger partial charge in [-0.1, -0.05) is 38.0 Å². The van der Waals surface area contributed by atoms with E-state index in [0.717, 1.165) is 19.3 Å². The molecule has 4 aliphatic heterocycles. The van der Waals surface area contributed by atoms with Crippen molar-refractivity contribution in [2.24, 2.45) is 11.8 Å². The molecule has 0 aromatic carbocycles. The molecule has 0 aliphatic carbocycles. The lowest BCUT2D eigenvalue weighted by molar-refractivity contribution is -0.152. The second-order valence-corrected chi connectivity index (χ2v) is 10.8. The zero-order valence-corrected chi connectivity index (χ0v) is 19.1. The van der Waals surface area contributed by atoms with Crippen molar-refractivity contribution in [3.05, 3.63) is 24.3 Å². The Kier molecular flexibility index (Phi) is 6.23. The molecule has 0 radical (unpaired) electrons. The minimum Gasteiger partial charge on any atom is -0.461 e. The van der Waals surface area contributed by atoms with E-state index in [0.29, 0.717) is 26.1 Å². The van der Waals surface area contributed by atoms with Gasteiger partial charge in [-0.05, 0) is 25.8 Å². The smallest absolute Gasteiger partial charge is 0.311 e. The third-order valence-electron chi connectivity index (χ3n) is 6.98. The number of rotatable bonds is 7. The fourth-order valence-electron chi connectivity index (χ4n) is 5.64. The standard InChI is InChI=1S/C23H32N2O5S/c1-3-4-5-11-24-12-6-10-23-16(17-21(29)30-15-7-9-22(17,2)31-23)19(27)25(13-8-14-26)18(23)20(24)28/h6-7,9-10,16-18,26H,3-5,8,11-15H2,1-2H3/t16-,17+,18?,22-,23-/m0/s1. The Hall–Kier alpha value is -1.80. The summed E-state index contributed by atoms with van der Waals surface area (Å²) in [5, 5.41) is 9.40. The maximum atomic E-state index is 13.8. The molecule has 7 nitrogen and oxygen atoms in total. The van der Waals surface area contributed by atoms with Crippen LogP contribution in [0.1, 0.15) is 39.5 Å². The summed E-state index contributed by atoms with van der Waals surface area (Å²) in [6, 6.07) is -0.674. The highest BCUT2D eigenvalue weighted by molar-refractivity contribution is 8.02. The molecule has 1 unspecified atom stereocenters. The van der Waals surface area contributed by atoms with Gasteiger partial charge in [0.05, 0.1) is 16.6 Å². The van der Waals surface area contributed by atoms with Crippen LogP contribution in [0.15, 0.2) is 24.3 Å². The van der Waals surface area contributed by atoms with E-state index < -0.39 is 27.4 Å². The quantitative estimate of drug-likeness (QED) is 0.363. The summed E-state index contributed by atoms with van der Waals surface area (Å²) < 4.78 is 3.98. The predicted octanol–water partition coefficient (Wildman–Crippen LogP) is 1.76. The Balaban J connectivity index is 1.77. The van der Waals surface area contributed by atoms with E-state index in [1.54, 1.807) is 16.7 Å². The third kappa shape index (κ3) is 3.52. The first-order valence-electron chi connectivity index (χ1n) is 11.3. The van der Waals surface area contributed by atoms with Crippen molar-refractivity contribution < 1.29 is 24.2 Å². The summed E-state index contributed by atoms with van der Waals surface area (Å²) in [7, 11) is 0. The number of cyclic esters (lactones) is 1. The van der Waals surface area contributed by atoms with Gasteiger partial charge in [-0.2, -0.15) is 0 Å². The number of aliphatic hydroxyl groups excluding tert-OH is 1. The topological polar surface area (TPSA) is 87.2 Å². The van der Waals surface area contributed by atoms with Gasteiger partial charge in [0.1, 0.15) is 12.6 Å². The summed E-state index contributed by atoms with van der Waals surface area (Å²) in [5.41, 5.74) is 0. The van der Waals surface area contributed by atoms with Crippen LogP contribution in [0.2, 0.25) is 0 Å². The van der Waals surface area contributed by atoms with E-state index >= 15 is 0 Å². The second kappa shape index (κ2) is 8.62. The van der Waals surface area contributed by atoms with Crippen molar-refractivity contribution >= 4 is 29.5 Å². The van der Waals surface area contributed by atoms with Gasteiger partial charge in [0.15, 0.2) is 0 Å². The number of fused-ring (bicyclic) bond motifs is 2. The molecule has 170 valence electrons. The highest BCUT2D eigenvalue weighted by Crippen LogP contribution is 2.65. The minimum absolute atomic E-state index is 0.0557. The van der Waals surface area contributed by atoms with Crippen molar-refractivity contribution in [1.82, 2.24) is 9.80 Å². The number of likely N-dealkylation sites (tertiary alicyclic amines) is 1. The summed E-state index contributed by atoms with van der Waals surface area (Å²) in [6.07, 6.45) is 11.3. The fraction of sp³-hybridized carbons (Fsp3) is 0.696. The van der Waals surface area contributed by atoms with Gasteiger partial charge >= 0.3 is 5.97 Å². The maximum Gasteiger partial charge on any atom is 0.311 e. The predicted molar refractivity (Wildman–Crippen MR) is 118 cm³/mol. The van der Waals surface area contributed by atoms with Gasteiger partial charge in [-0.25, -0.2) is 0 Å². The van der Waals surface area contributed by atoms with E-state index in [2.05, 4.69) is 6.92 Å². The zero-order chi connectivity index (χ0) is 22.2. The summed E-state index contributed by atoms with van der Waals surface area (Å²) in [5.74, 6) is -1.91. The van der Waals surface area contributed by atoms with Crippen LogP contribution in [-0.4, -0.2) is 81.1 Å². The van der Waals surface area contributed by atoms with Crippen molar-refractivity contribution in [3.63, 3.8) is 0 Å². The van der Waals surface area contributed by atoms with Gasteiger partial charge in [0, 0.05) is 31.0 Å². The zero-order valence-electron chi connectivity index (χ0n) is 18.3. The number of aliphatic hydroxyl groups is 1. The molecule has 1 spiro atoms. The molecule has 2 saturated heterocycles. The van der Waals surface area contributed by atoms with Gasteiger partial charge in [-0.15, -0.1) is 11.8 Å². The average molecular weight is 449 g/mol. The monoisotopic (exact) mass is 448 g/mol. The number of carbonyl (C=O) groups excluding carboxylic acids is 3.